The van der Waals surface area contributed by atoms with E-state index < -0.39 is 21.2 Å². The SMILES string of the molecule is CC(c1cn(-c2ccccc2)nn1)S(=O)(=O)CC(O)Cn1cccn1. The van der Waals surface area contributed by atoms with E-state index in [-0.39, 0.29) is 12.3 Å². The highest BCUT2D eigenvalue weighted by Gasteiger charge is 2.28. The fourth-order valence-electron chi connectivity index (χ4n) is 2.44. The Bertz CT molecular complexity index is 906. The number of sulfone groups is 1. The van der Waals surface area contributed by atoms with E-state index in [2.05, 4.69) is 15.4 Å². The summed E-state index contributed by atoms with van der Waals surface area (Å²) >= 11 is 0. The minimum absolute atomic E-state index is 0.121. The van der Waals surface area contributed by atoms with Crippen LogP contribution in [0.2, 0.25) is 0 Å². The van der Waals surface area contributed by atoms with Crippen LogP contribution in [0.25, 0.3) is 5.69 Å². The van der Waals surface area contributed by atoms with Gasteiger partial charge in [-0.25, -0.2) is 13.1 Å². The maximum atomic E-state index is 12.5. The molecule has 25 heavy (non-hydrogen) atoms. The summed E-state index contributed by atoms with van der Waals surface area (Å²) in [7, 11) is -3.59. The van der Waals surface area contributed by atoms with E-state index in [0.717, 1.165) is 5.69 Å². The molecule has 0 saturated heterocycles. The normalized spacial score (nSPS) is 14.3. The first-order valence-corrected chi connectivity index (χ1v) is 9.52. The first kappa shape index (κ1) is 17.3. The number of aliphatic hydroxyl groups is 1. The van der Waals surface area contributed by atoms with Crippen molar-refractivity contribution in [1.82, 2.24) is 24.8 Å². The molecule has 3 aromatic rings. The predicted molar refractivity (Wildman–Crippen MR) is 91.8 cm³/mol. The summed E-state index contributed by atoms with van der Waals surface area (Å²) in [6.45, 7) is 1.67. The lowest BCUT2D eigenvalue weighted by Crippen LogP contribution is -2.28. The lowest BCUT2D eigenvalue weighted by molar-refractivity contribution is 0.170. The molecule has 2 heterocycles. The van der Waals surface area contributed by atoms with Crippen LogP contribution < -0.4 is 0 Å². The second-order valence-electron chi connectivity index (χ2n) is 5.78. The summed E-state index contributed by atoms with van der Waals surface area (Å²) in [5, 5.41) is 21.1. The molecule has 0 saturated carbocycles. The van der Waals surface area contributed by atoms with Crippen molar-refractivity contribution in [3.05, 3.63) is 60.7 Å². The van der Waals surface area contributed by atoms with E-state index in [1.807, 2.05) is 30.3 Å². The number of hydrogen-bond acceptors (Lipinski definition) is 6. The first-order chi connectivity index (χ1) is 12.0. The Morgan fingerprint density at radius 1 is 1.20 bits per heavy atom. The van der Waals surface area contributed by atoms with Gasteiger partial charge < -0.3 is 5.11 Å². The van der Waals surface area contributed by atoms with Gasteiger partial charge in [-0.1, -0.05) is 23.4 Å². The molecule has 1 aromatic carbocycles. The number of rotatable bonds is 7. The molecule has 0 radical (unpaired) electrons. The summed E-state index contributed by atoms with van der Waals surface area (Å²) in [4.78, 5) is 0. The van der Waals surface area contributed by atoms with E-state index >= 15 is 0 Å². The molecule has 1 N–H and O–H groups in total. The van der Waals surface area contributed by atoms with Crippen LogP contribution in [0.1, 0.15) is 17.9 Å². The number of aromatic nitrogens is 5. The van der Waals surface area contributed by atoms with Crippen molar-refractivity contribution in [3.8, 4) is 5.69 Å². The zero-order chi connectivity index (χ0) is 17.9. The molecule has 9 heteroatoms. The largest absolute Gasteiger partial charge is 0.390 e. The Kier molecular flexibility index (Phi) is 4.95. The molecule has 132 valence electrons. The first-order valence-electron chi connectivity index (χ1n) is 7.80. The van der Waals surface area contributed by atoms with Crippen molar-refractivity contribution in [3.63, 3.8) is 0 Å². The van der Waals surface area contributed by atoms with Crippen LogP contribution in [0.4, 0.5) is 0 Å². The van der Waals surface area contributed by atoms with Crippen molar-refractivity contribution in [2.45, 2.75) is 24.8 Å². The summed E-state index contributed by atoms with van der Waals surface area (Å²) in [5.41, 5.74) is 1.14. The summed E-state index contributed by atoms with van der Waals surface area (Å²) in [6, 6.07) is 11.0. The standard InChI is InChI=1S/C16H19N5O3S/c1-13(16-11-21(19-18-16)14-6-3-2-4-7-14)25(23,24)12-15(22)10-20-9-5-8-17-20/h2-9,11,13,15,22H,10,12H2,1H3. The van der Waals surface area contributed by atoms with E-state index in [1.165, 1.54) is 9.36 Å². The quantitative estimate of drug-likeness (QED) is 0.673. The van der Waals surface area contributed by atoms with Gasteiger partial charge in [-0.3, -0.25) is 4.68 Å². The van der Waals surface area contributed by atoms with Crippen molar-refractivity contribution in [2.75, 3.05) is 5.75 Å². The van der Waals surface area contributed by atoms with Crippen LogP contribution in [-0.4, -0.2) is 50.2 Å². The number of nitrogens with zero attached hydrogens (tertiary/aromatic N) is 5. The Hall–Kier alpha value is -2.52. The molecule has 0 amide bonds. The number of hydrogen-bond donors (Lipinski definition) is 1. The molecular formula is C16H19N5O3S. The summed E-state index contributed by atoms with van der Waals surface area (Å²) in [5.74, 6) is -0.369. The van der Waals surface area contributed by atoms with Gasteiger partial charge in [0.15, 0.2) is 9.84 Å². The molecule has 3 rings (SSSR count). The van der Waals surface area contributed by atoms with Gasteiger partial charge in [-0.05, 0) is 25.1 Å². The van der Waals surface area contributed by atoms with Crippen molar-refractivity contribution in [2.24, 2.45) is 0 Å². The average Bonchev–Trinajstić information content (AvgIpc) is 3.26. The predicted octanol–water partition coefficient (Wildman–Crippen LogP) is 1.00. The molecule has 2 atom stereocenters. The average molecular weight is 361 g/mol. The number of aliphatic hydroxyl groups excluding tert-OH is 1. The lowest BCUT2D eigenvalue weighted by atomic mass is 10.3. The third-order valence-corrected chi connectivity index (χ3v) is 6.04. The van der Waals surface area contributed by atoms with Gasteiger partial charge in [0.2, 0.25) is 0 Å². The second-order valence-corrected chi connectivity index (χ2v) is 8.14. The molecule has 8 nitrogen and oxygen atoms in total. The molecule has 0 bridgehead atoms. The van der Waals surface area contributed by atoms with Crippen LogP contribution >= 0.6 is 0 Å². The Balaban J connectivity index is 1.71. The molecule has 0 aliphatic carbocycles. The molecule has 0 spiro atoms. The maximum Gasteiger partial charge on any atom is 0.161 e. The third-order valence-electron chi connectivity index (χ3n) is 3.87. The fraction of sp³-hybridized carbons (Fsp3) is 0.312. The van der Waals surface area contributed by atoms with Gasteiger partial charge in [0, 0.05) is 12.4 Å². The van der Waals surface area contributed by atoms with E-state index in [0.29, 0.717) is 5.69 Å². The molecule has 0 aliphatic heterocycles. The fourth-order valence-corrected chi connectivity index (χ4v) is 3.85. The Morgan fingerprint density at radius 3 is 2.64 bits per heavy atom. The second kappa shape index (κ2) is 7.16. The van der Waals surface area contributed by atoms with Crippen LogP contribution in [0.3, 0.4) is 0 Å². The zero-order valence-corrected chi connectivity index (χ0v) is 14.5. The summed E-state index contributed by atoms with van der Waals surface area (Å²) in [6.07, 6.45) is 3.80. The zero-order valence-electron chi connectivity index (χ0n) is 13.7. The molecule has 2 aromatic heterocycles. The van der Waals surface area contributed by atoms with Crippen LogP contribution in [0.15, 0.2) is 55.0 Å². The van der Waals surface area contributed by atoms with Gasteiger partial charge in [0.1, 0.15) is 10.9 Å². The van der Waals surface area contributed by atoms with Crippen LogP contribution in [0.5, 0.6) is 0 Å². The molecular weight excluding hydrogens is 342 g/mol. The van der Waals surface area contributed by atoms with E-state index in [9.17, 15) is 13.5 Å². The molecule has 0 aliphatic rings. The van der Waals surface area contributed by atoms with E-state index in [1.54, 1.807) is 31.6 Å². The summed E-state index contributed by atoms with van der Waals surface area (Å²) < 4.78 is 28.1. The van der Waals surface area contributed by atoms with Crippen LogP contribution in [-0.2, 0) is 16.4 Å². The van der Waals surface area contributed by atoms with Crippen molar-refractivity contribution >= 4 is 9.84 Å². The minimum atomic E-state index is -3.59. The highest BCUT2D eigenvalue weighted by Crippen LogP contribution is 2.22. The lowest BCUT2D eigenvalue weighted by Gasteiger charge is -2.14. The Labute approximate surface area is 145 Å². The molecule has 2 unspecified atom stereocenters. The smallest absolute Gasteiger partial charge is 0.161 e. The van der Waals surface area contributed by atoms with Gasteiger partial charge in [-0.2, -0.15) is 5.10 Å². The third kappa shape index (κ3) is 4.12. The molecule has 0 fully saturated rings. The number of benzene rings is 1. The van der Waals surface area contributed by atoms with Gasteiger partial charge in [0.05, 0.1) is 30.3 Å². The van der Waals surface area contributed by atoms with Crippen molar-refractivity contribution in [1.29, 1.82) is 0 Å². The van der Waals surface area contributed by atoms with Gasteiger partial charge in [0.25, 0.3) is 0 Å². The number of para-hydroxylation sites is 1. The minimum Gasteiger partial charge on any atom is -0.390 e. The van der Waals surface area contributed by atoms with Gasteiger partial charge >= 0.3 is 0 Å². The maximum absolute atomic E-state index is 12.5. The highest BCUT2D eigenvalue weighted by molar-refractivity contribution is 7.91. The van der Waals surface area contributed by atoms with E-state index in [4.69, 9.17) is 0 Å². The van der Waals surface area contributed by atoms with Crippen LogP contribution in [0, 0.1) is 0 Å². The van der Waals surface area contributed by atoms with Gasteiger partial charge in [-0.15, -0.1) is 5.10 Å². The monoisotopic (exact) mass is 361 g/mol. The highest BCUT2D eigenvalue weighted by atomic mass is 32.2. The topological polar surface area (TPSA) is 103 Å². The Morgan fingerprint density at radius 2 is 1.96 bits per heavy atom. The van der Waals surface area contributed by atoms with Crippen molar-refractivity contribution < 1.29 is 13.5 Å².